The van der Waals surface area contributed by atoms with E-state index in [2.05, 4.69) is 0 Å². The molecule has 6 heteroatoms. The molecule has 0 aromatic heterocycles. The Kier molecular flexibility index (Phi) is 6.04. The molecule has 1 aliphatic carbocycles. The molecule has 36 heavy (non-hydrogen) atoms. The number of benzene rings is 3. The molecule has 0 unspecified atom stereocenters. The van der Waals surface area contributed by atoms with Crippen LogP contribution in [0.2, 0.25) is 0 Å². The molecule has 182 valence electrons. The van der Waals surface area contributed by atoms with E-state index in [9.17, 15) is 19.5 Å². The van der Waals surface area contributed by atoms with Crippen molar-refractivity contribution in [3.8, 4) is 0 Å². The minimum Gasteiger partial charge on any atom is -0.511 e. The number of carbonyl (C=O) groups is 3. The molecule has 0 saturated heterocycles. The Balaban J connectivity index is 1.44. The first-order valence-corrected chi connectivity index (χ1v) is 12.2. The highest BCUT2D eigenvalue weighted by atomic mass is 16.3. The first kappa shape index (κ1) is 23.7. The summed E-state index contributed by atoms with van der Waals surface area (Å²) in [7, 11) is 0. The van der Waals surface area contributed by atoms with Gasteiger partial charge in [0.05, 0.1) is 28.1 Å². The lowest BCUT2D eigenvalue weighted by atomic mass is 9.75. The summed E-state index contributed by atoms with van der Waals surface area (Å²) in [6.07, 6.45) is 1.47. The summed E-state index contributed by atoms with van der Waals surface area (Å²) < 4.78 is 0. The standard InChI is InChI=1S/C30H28N2O4/c1-30(2)17-25(33)27(26(34)18-30)24(31-21-14-13-19-8-3-4-9-20(19)16-21)12-7-15-32-28(35)22-10-5-6-11-23(22)29(32)36/h3-6,8-11,13-14,16,33H,7,12,15,17-18H2,1-2H3. The first-order chi connectivity index (χ1) is 17.2. The van der Waals surface area contributed by atoms with Gasteiger partial charge in [-0.2, -0.15) is 0 Å². The minimum absolute atomic E-state index is 0.0523. The summed E-state index contributed by atoms with van der Waals surface area (Å²) in [6.45, 7) is 4.12. The predicted molar refractivity (Wildman–Crippen MR) is 140 cm³/mol. The smallest absolute Gasteiger partial charge is 0.261 e. The van der Waals surface area contributed by atoms with E-state index in [0.717, 1.165) is 10.8 Å². The number of amides is 2. The van der Waals surface area contributed by atoms with Gasteiger partial charge in [0.25, 0.3) is 11.8 Å². The topological polar surface area (TPSA) is 87.0 Å². The number of allylic oxidation sites excluding steroid dienone is 2. The lowest BCUT2D eigenvalue weighted by Gasteiger charge is -2.30. The number of aliphatic hydroxyl groups excluding tert-OH is 1. The van der Waals surface area contributed by atoms with E-state index in [4.69, 9.17) is 4.99 Å². The molecule has 6 nitrogen and oxygen atoms in total. The second-order valence-electron chi connectivity index (χ2n) is 10.3. The van der Waals surface area contributed by atoms with Crippen molar-refractivity contribution in [3.63, 3.8) is 0 Å². The summed E-state index contributed by atoms with van der Waals surface area (Å²) in [5, 5.41) is 13.0. The molecule has 0 saturated carbocycles. The van der Waals surface area contributed by atoms with Crippen molar-refractivity contribution in [1.29, 1.82) is 0 Å². The van der Waals surface area contributed by atoms with Crippen molar-refractivity contribution in [2.45, 2.75) is 39.5 Å². The van der Waals surface area contributed by atoms with Gasteiger partial charge in [-0.15, -0.1) is 0 Å². The molecule has 1 heterocycles. The fourth-order valence-corrected chi connectivity index (χ4v) is 5.10. The largest absolute Gasteiger partial charge is 0.511 e. The Morgan fingerprint density at radius 1 is 0.889 bits per heavy atom. The van der Waals surface area contributed by atoms with Crippen LogP contribution in [0.1, 0.15) is 60.2 Å². The van der Waals surface area contributed by atoms with Crippen LogP contribution in [0.4, 0.5) is 5.69 Å². The molecule has 3 aromatic carbocycles. The van der Waals surface area contributed by atoms with Gasteiger partial charge in [0.1, 0.15) is 5.76 Å². The first-order valence-electron chi connectivity index (χ1n) is 12.2. The van der Waals surface area contributed by atoms with Crippen LogP contribution >= 0.6 is 0 Å². The summed E-state index contributed by atoms with van der Waals surface area (Å²) in [6, 6.07) is 20.6. The van der Waals surface area contributed by atoms with Gasteiger partial charge in [-0.1, -0.05) is 56.3 Å². The highest BCUT2D eigenvalue weighted by molar-refractivity contribution is 6.24. The van der Waals surface area contributed by atoms with E-state index in [1.807, 2.05) is 56.3 Å². The zero-order chi connectivity index (χ0) is 25.4. The molecule has 0 spiro atoms. The molecule has 3 aromatic rings. The number of nitrogens with zero attached hydrogens (tertiary/aromatic N) is 2. The van der Waals surface area contributed by atoms with Crippen LogP contribution in [0.15, 0.2) is 83.1 Å². The number of hydrogen-bond donors (Lipinski definition) is 1. The molecule has 1 aliphatic heterocycles. The Hall–Kier alpha value is -4.06. The quantitative estimate of drug-likeness (QED) is 0.337. The fourth-order valence-electron chi connectivity index (χ4n) is 5.10. The van der Waals surface area contributed by atoms with Crippen molar-refractivity contribution in [1.82, 2.24) is 4.90 Å². The second-order valence-corrected chi connectivity index (χ2v) is 10.3. The van der Waals surface area contributed by atoms with Crippen LogP contribution in [-0.4, -0.2) is 39.9 Å². The average Bonchev–Trinajstić information content (AvgIpc) is 3.07. The monoisotopic (exact) mass is 480 g/mol. The van der Waals surface area contributed by atoms with Crippen molar-refractivity contribution >= 4 is 39.8 Å². The highest BCUT2D eigenvalue weighted by Gasteiger charge is 2.36. The van der Waals surface area contributed by atoms with E-state index in [1.165, 1.54) is 4.90 Å². The van der Waals surface area contributed by atoms with Gasteiger partial charge in [0.2, 0.25) is 0 Å². The van der Waals surface area contributed by atoms with E-state index >= 15 is 0 Å². The Morgan fingerprint density at radius 3 is 2.19 bits per heavy atom. The fraction of sp³-hybridized carbons (Fsp3) is 0.267. The zero-order valence-electron chi connectivity index (χ0n) is 20.5. The van der Waals surface area contributed by atoms with Crippen LogP contribution in [-0.2, 0) is 4.79 Å². The Bertz CT molecular complexity index is 1430. The maximum atomic E-state index is 13.1. The van der Waals surface area contributed by atoms with E-state index in [1.54, 1.807) is 24.3 Å². The molecular formula is C30H28N2O4. The number of rotatable bonds is 6. The number of imide groups is 1. The van der Waals surface area contributed by atoms with E-state index < -0.39 is 0 Å². The predicted octanol–water partition coefficient (Wildman–Crippen LogP) is 6.19. The summed E-state index contributed by atoms with van der Waals surface area (Å²) in [5.74, 6) is -0.692. The lowest BCUT2D eigenvalue weighted by molar-refractivity contribution is -0.118. The molecule has 0 bridgehead atoms. The van der Waals surface area contributed by atoms with E-state index in [0.29, 0.717) is 48.2 Å². The van der Waals surface area contributed by atoms with Crippen LogP contribution in [0, 0.1) is 5.41 Å². The maximum absolute atomic E-state index is 13.1. The summed E-state index contributed by atoms with van der Waals surface area (Å²) in [5.41, 5.74) is 1.95. The average molecular weight is 481 g/mol. The molecule has 0 fully saturated rings. The van der Waals surface area contributed by atoms with E-state index in [-0.39, 0.29) is 40.9 Å². The number of carbonyl (C=O) groups excluding carboxylic acids is 3. The second kappa shape index (κ2) is 9.19. The van der Waals surface area contributed by atoms with Crippen molar-refractivity contribution < 1.29 is 19.5 Å². The number of Topliss-reactive ketones (excluding diaryl/α,β-unsaturated/α-hetero) is 1. The number of ketones is 1. The van der Waals surface area contributed by atoms with Gasteiger partial charge < -0.3 is 5.11 Å². The third-order valence-electron chi connectivity index (χ3n) is 6.81. The van der Waals surface area contributed by atoms with Crippen molar-refractivity contribution in [2.75, 3.05) is 6.54 Å². The number of aliphatic imine (C=N–C) groups is 1. The molecule has 1 N–H and O–H groups in total. The zero-order valence-corrected chi connectivity index (χ0v) is 20.5. The van der Waals surface area contributed by atoms with Gasteiger partial charge in [0, 0.05) is 19.4 Å². The third-order valence-corrected chi connectivity index (χ3v) is 6.81. The Labute approximate surface area is 210 Å². The molecular weight excluding hydrogens is 452 g/mol. The van der Waals surface area contributed by atoms with Gasteiger partial charge in [-0.05, 0) is 53.3 Å². The summed E-state index contributed by atoms with van der Waals surface area (Å²) in [4.78, 5) is 44.7. The van der Waals surface area contributed by atoms with Crippen molar-refractivity contribution in [3.05, 3.63) is 89.2 Å². The van der Waals surface area contributed by atoms with Crippen LogP contribution in [0.3, 0.4) is 0 Å². The molecule has 5 rings (SSSR count). The maximum Gasteiger partial charge on any atom is 0.261 e. The Morgan fingerprint density at radius 2 is 1.53 bits per heavy atom. The van der Waals surface area contributed by atoms with Crippen molar-refractivity contribution in [2.24, 2.45) is 10.4 Å². The minimum atomic E-state index is -0.321. The highest BCUT2D eigenvalue weighted by Crippen LogP contribution is 2.37. The number of hydrogen-bond acceptors (Lipinski definition) is 5. The van der Waals surface area contributed by atoms with Crippen LogP contribution < -0.4 is 0 Å². The van der Waals surface area contributed by atoms with Gasteiger partial charge in [0.15, 0.2) is 5.78 Å². The van der Waals surface area contributed by atoms with Gasteiger partial charge in [-0.25, -0.2) is 0 Å². The molecule has 2 amide bonds. The number of fused-ring (bicyclic) bond motifs is 2. The normalized spacial score (nSPS) is 17.8. The van der Waals surface area contributed by atoms with Crippen LogP contribution in [0.5, 0.6) is 0 Å². The van der Waals surface area contributed by atoms with Crippen LogP contribution in [0.25, 0.3) is 10.8 Å². The number of aliphatic hydroxyl groups is 1. The SMILES string of the molecule is CC1(C)CC(=O)C(C(CCCN2C(=O)c3ccccc3C2=O)=Nc2ccc3ccccc3c2)=C(O)C1. The molecule has 0 radical (unpaired) electrons. The van der Waals surface area contributed by atoms with Gasteiger partial charge in [-0.3, -0.25) is 24.3 Å². The molecule has 0 atom stereocenters. The third kappa shape index (κ3) is 4.47. The van der Waals surface area contributed by atoms with Gasteiger partial charge >= 0.3 is 0 Å². The molecule has 2 aliphatic rings. The summed E-state index contributed by atoms with van der Waals surface area (Å²) >= 11 is 0. The lowest BCUT2D eigenvalue weighted by Crippen LogP contribution is -2.32.